The molecule has 1 fully saturated rings. The Hall–Kier alpha value is -1.93. The summed E-state index contributed by atoms with van der Waals surface area (Å²) in [5.74, 6) is -0.205. The van der Waals surface area contributed by atoms with Gasteiger partial charge in [0.15, 0.2) is 0 Å². The van der Waals surface area contributed by atoms with E-state index in [-0.39, 0.29) is 16.9 Å². The summed E-state index contributed by atoms with van der Waals surface area (Å²) in [7, 11) is -3.55. The number of benzene rings is 2. The first-order valence-electron chi connectivity index (χ1n) is 8.08. The quantitative estimate of drug-likeness (QED) is 0.817. The van der Waals surface area contributed by atoms with Gasteiger partial charge in [-0.3, -0.25) is 4.79 Å². The Labute approximate surface area is 157 Å². The molecule has 26 heavy (non-hydrogen) atoms. The zero-order chi connectivity index (χ0) is 18.7. The maximum Gasteiger partial charge on any atom is 0.243 e. The van der Waals surface area contributed by atoms with Crippen molar-refractivity contribution in [2.75, 3.05) is 18.4 Å². The van der Waals surface area contributed by atoms with E-state index in [9.17, 15) is 13.2 Å². The van der Waals surface area contributed by atoms with E-state index < -0.39 is 10.0 Å². The van der Waals surface area contributed by atoms with Crippen molar-refractivity contribution < 1.29 is 17.9 Å². The average molecular weight is 395 g/mol. The van der Waals surface area contributed by atoms with E-state index in [0.717, 1.165) is 5.56 Å². The molecule has 0 bridgehead atoms. The summed E-state index contributed by atoms with van der Waals surface area (Å²) in [6.45, 7) is 2.46. The predicted octanol–water partition coefficient (Wildman–Crippen LogP) is 2.89. The lowest BCUT2D eigenvalue weighted by Gasteiger charge is -2.37. The molecular formula is C18H19ClN2O4S. The number of amides is 1. The highest BCUT2D eigenvalue weighted by Gasteiger charge is 2.37. The standard InChI is InChI=1S/C18H19ClN2O4S/c1-13(22)20-16-6-8-18(9-7-16)26(23,24)21-10-17(11-21)25-12-14-2-4-15(19)5-3-14/h2-9,17H,10-12H2,1H3,(H,20,22). The molecule has 1 aliphatic rings. The van der Waals surface area contributed by atoms with Crippen LogP contribution in [0.5, 0.6) is 0 Å². The molecule has 0 aromatic heterocycles. The molecule has 3 rings (SSSR count). The van der Waals surface area contributed by atoms with Crippen molar-refractivity contribution in [2.45, 2.75) is 24.5 Å². The lowest BCUT2D eigenvalue weighted by molar-refractivity contribution is -0.114. The summed E-state index contributed by atoms with van der Waals surface area (Å²) in [6, 6.07) is 13.5. The number of nitrogens with one attached hydrogen (secondary N) is 1. The molecule has 0 radical (unpaired) electrons. The van der Waals surface area contributed by atoms with Crippen molar-refractivity contribution in [3.05, 3.63) is 59.1 Å². The highest BCUT2D eigenvalue weighted by Crippen LogP contribution is 2.25. The van der Waals surface area contributed by atoms with Crippen molar-refractivity contribution in [3.63, 3.8) is 0 Å². The van der Waals surface area contributed by atoms with Gasteiger partial charge in [0.05, 0.1) is 17.6 Å². The summed E-state index contributed by atoms with van der Waals surface area (Å²) < 4.78 is 32.3. The molecule has 0 saturated carbocycles. The van der Waals surface area contributed by atoms with Crippen LogP contribution in [-0.2, 0) is 26.2 Å². The van der Waals surface area contributed by atoms with Crippen molar-refractivity contribution in [1.29, 1.82) is 0 Å². The van der Waals surface area contributed by atoms with Crippen LogP contribution in [0.2, 0.25) is 5.02 Å². The third kappa shape index (κ3) is 4.42. The third-order valence-corrected chi connectivity index (χ3v) is 6.12. The molecule has 138 valence electrons. The van der Waals surface area contributed by atoms with Gasteiger partial charge in [-0.2, -0.15) is 4.31 Å². The summed E-state index contributed by atoms with van der Waals surface area (Å²) in [4.78, 5) is 11.2. The molecule has 1 saturated heterocycles. The van der Waals surface area contributed by atoms with Crippen LogP contribution >= 0.6 is 11.6 Å². The van der Waals surface area contributed by atoms with E-state index in [1.54, 1.807) is 24.3 Å². The zero-order valence-corrected chi connectivity index (χ0v) is 15.8. The van der Waals surface area contributed by atoms with Crippen LogP contribution < -0.4 is 5.32 Å². The number of anilines is 1. The number of hydrogen-bond donors (Lipinski definition) is 1. The van der Waals surface area contributed by atoms with Gasteiger partial charge in [-0.05, 0) is 42.0 Å². The Balaban J connectivity index is 1.53. The Morgan fingerprint density at radius 1 is 1.15 bits per heavy atom. The van der Waals surface area contributed by atoms with E-state index in [1.807, 2.05) is 12.1 Å². The lowest BCUT2D eigenvalue weighted by atomic mass is 10.2. The molecule has 0 aliphatic carbocycles. The average Bonchev–Trinajstić information content (AvgIpc) is 2.55. The molecule has 2 aromatic carbocycles. The van der Waals surface area contributed by atoms with Crippen molar-refractivity contribution >= 4 is 33.2 Å². The van der Waals surface area contributed by atoms with Crippen LogP contribution in [0.4, 0.5) is 5.69 Å². The second kappa shape index (κ2) is 7.75. The van der Waals surface area contributed by atoms with Gasteiger partial charge in [-0.15, -0.1) is 0 Å². The Morgan fingerprint density at radius 3 is 2.35 bits per heavy atom. The molecular weight excluding hydrogens is 376 g/mol. The lowest BCUT2D eigenvalue weighted by Crippen LogP contribution is -2.54. The number of carbonyl (C=O) groups excluding carboxylic acids is 1. The number of ether oxygens (including phenoxy) is 1. The van der Waals surface area contributed by atoms with Crippen LogP contribution in [0.3, 0.4) is 0 Å². The number of hydrogen-bond acceptors (Lipinski definition) is 4. The van der Waals surface area contributed by atoms with Gasteiger partial charge in [0, 0.05) is 30.7 Å². The van der Waals surface area contributed by atoms with Crippen LogP contribution in [0.15, 0.2) is 53.4 Å². The van der Waals surface area contributed by atoms with E-state index in [4.69, 9.17) is 16.3 Å². The Kier molecular flexibility index (Phi) is 5.62. The Bertz CT molecular complexity index is 876. The smallest absolute Gasteiger partial charge is 0.243 e. The summed E-state index contributed by atoms with van der Waals surface area (Å²) in [6.07, 6.45) is -0.126. The number of rotatable bonds is 6. The third-order valence-electron chi connectivity index (χ3n) is 4.03. The van der Waals surface area contributed by atoms with Crippen LogP contribution in [0, 0.1) is 0 Å². The minimum Gasteiger partial charge on any atom is -0.371 e. The Morgan fingerprint density at radius 2 is 1.77 bits per heavy atom. The largest absolute Gasteiger partial charge is 0.371 e. The first-order valence-corrected chi connectivity index (χ1v) is 9.90. The monoisotopic (exact) mass is 394 g/mol. The van der Waals surface area contributed by atoms with Gasteiger partial charge >= 0.3 is 0 Å². The fourth-order valence-corrected chi connectivity index (χ4v) is 4.19. The number of sulfonamides is 1. The van der Waals surface area contributed by atoms with Gasteiger partial charge in [0.25, 0.3) is 0 Å². The topological polar surface area (TPSA) is 75.7 Å². The molecule has 1 heterocycles. The molecule has 1 amide bonds. The maximum atomic E-state index is 12.6. The molecule has 0 atom stereocenters. The van der Waals surface area contributed by atoms with Crippen molar-refractivity contribution in [3.8, 4) is 0 Å². The fraction of sp³-hybridized carbons (Fsp3) is 0.278. The first kappa shape index (κ1) is 18.8. The van der Waals surface area contributed by atoms with Gasteiger partial charge in [-0.1, -0.05) is 23.7 Å². The second-order valence-electron chi connectivity index (χ2n) is 6.09. The van der Waals surface area contributed by atoms with E-state index in [0.29, 0.717) is 30.4 Å². The molecule has 6 nitrogen and oxygen atoms in total. The minimum absolute atomic E-state index is 0.126. The number of halogens is 1. The highest BCUT2D eigenvalue weighted by atomic mass is 35.5. The second-order valence-corrected chi connectivity index (χ2v) is 8.46. The maximum absolute atomic E-state index is 12.6. The molecule has 1 N–H and O–H groups in total. The minimum atomic E-state index is -3.55. The van der Waals surface area contributed by atoms with Crippen LogP contribution in [-0.4, -0.2) is 37.8 Å². The highest BCUT2D eigenvalue weighted by molar-refractivity contribution is 7.89. The number of carbonyl (C=O) groups is 1. The molecule has 0 spiro atoms. The zero-order valence-electron chi connectivity index (χ0n) is 14.2. The van der Waals surface area contributed by atoms with Gasteiger partial charge in [0.2, 0.25) is 15.9 Å². The van der Waals surface area contributed by atoms with Crippen molar-refractivity contribution in [1.82, 2.24) is 4.31 Å². The van der Waals surface area contributed by atoms with E-state index >= 15 is 0 Å². The molecule has 0 unspecified atom stereocenters. The van der Waals surface area contributed by atoms with Crippen molar-refractivity contribution in [2.24, 2.45) is 0 Å². The predicted molar refractivity (Wildman–Crippen MR) is 99.5 cm³/mol. The summed E-state index contributed by atoms with van der Waals surface area (Å²) >= 11 is 5.84. The number of nitrogens with zero attached hydrogens (tertiary/aromatic N) is 1. The molecule has 2 aromatic rings. The van der Waals surface area contributed by atoms with E-state index in [1.165, 1.54) is 23.4 Å². The summed E-state index contributed by atoms with van der Waals surface area (Å²) in [5, 5.41) is 3.27. The summed E-state index contributed by atoms with van der Waals surface area (Å²) in [5.41, 5.74) is 1.55. The van der Waals surface area contributed by atoms with Gasteiger partial charge in [0.1, 0.15) is 0 Å². The normalized spacial score (nSPS) is 15.5. The van der Waals surface area contributed by atoms with Gasteiger partial charge < -0.3 is 10.1 Å². The van der Waals surface area contributed by atoms with Crippen LogP contribution in [0.25, 0.3) is 0 Å². The molecule has 8 heteroatoms. The van der Waals surface area contributed by atoms with Crippen LogP contribution in [0.1, 0.15) is 12.5 Å². The van der Waals surface area contributed by atoms with Gasteiger partial charge in [-0.25, -0.2) is 8.42 Å². The fourth-order valence-electron chi connectivity index (χ4n) is 2.56. The van der Waals surface area contributed by atoms with E-state index in [2.05, 4.69) is 5.32 Å². The molecule has 1 aliphatic heterocycles. The first-order chi connectivity index (χ1) is 12.3. The SMILES string of the molecule is CC(=O)Nc1ccc(S(=O)(=O)N2CC(OCc3ccc(Cl)cc3)C2)cc1.